The summed E-state index contributed by atoms with van der Waals surface area (Å²) in [6.07, 6.45) is 9.87. The maximum Gasteiger partial charge on any atom is 0.190 e. The second-order valence-corrected chi connectivity index (χ2v) is 6.07. The van der Waals surface area contributed by atoms with Gasteiger partial charge < -0.3 is 15.4 Å². The van der Waals surface area contributed by atoms with Crippen LogP contribution in [0.4, 0.5) is 0 Å². The van der Waals surface area contributed by atoms with E-state index in [-0.39, 0.29) is 0 Å². The minimum absolute atomic E-state index is 0.405. The zero-order valence-electron chi connectivity index (χ0n) is 13.8. The van der Waals surface area contributed by atoms with E-state index in [1.165, 1.54) is 19.3 Å². The van der Waals surface area contributed by atoms with Crippen LogP contribution < -0.4 is 10.6 Å². The first kappa shape index (κ1) is 16.8. The first-order valence-corrected chi connectivity index (χ1v) is 8.19. The summed E-state index contributed by atoms with van der Waals surface area (Å²) in [5.74, 6) is 0.893. The molecule has 0 atom stereocenters. The molecule has 22 heavy (non-hydrogen) atoms. The van der Waals surface area contributed by atoms with Gasteiger partial charge in [0.1, 0.15) is 0 Å². The molecule has 0 bridgehead atoms. The first-order valence-electron chi connectivity index (χ1n) is 8.19. The summed E-state index contributed by atoms with van der Waals surface area (Å²) in [6, 6.07) is 1.95. The van der Waals surface area contributed by atoms with E-state index in [9.17, 15) is 0 Å². The standard InChI is InChI=1S/C16H29N5O/c1-17-15(18-9-4-11-21-12-5-10-20-21)19-14-16(6-3-7-16)8-13-22-2/h5,10,12H,3-4,6-9,11,13-14H2,1-2H3,(H2,17,18,19). The lowest BCUT2D eigenvalue weighted by Gasteiger charge is -2.42. The van der Waals surface area contributed by atoms with Gasteiger partial charge in [-0.25, -0.2) is 0 Å². The molecule has 1 saturated carbocycles. The molecule has 1 fully saturated rings. The second-order valence-electron chi connectivity index (χ2n) is 6.07. The Bertz CT molecular complexity index is 439. The molecule has 0 aromatic carbocycles. The molecule has 0 unspecified atom stereocenters. The Morgan fingerprint density at radius 3 is 2.86 bits per heavy atom. The summed E-state index contributed by atoms with van der Waals surface area (Å²) in [7, 11) is 3.60. The van der Waals surface area contributed by atoms with Gasteiger partial charge in [0.05, 0.1) is 0 Å². The fourth-order valence-corrected chi connectivity index (χ4v) is 2.88. The molecule has 0 radical (unpaired) electrons. The lowest BCUT2D eigenvalue weighted by molar-refractivity contribution is 0.0732. The number of aliphatic imine (C=N–C) groups is 1. The number of hydrogen-bond donors (Lipinski definition) is 2. The minimum Gasteiger partial charge on any atom is -0.385 e. The Labute approximate surface area is 133 Å². The van der Waals surface area contributed by atoms with Crippen molar-refractivity contribution in [3.63, 3.8) is 0 Å². The number of aromatic nitrogens is 2. The summed E-state index contributed by atoms with van der Waals surface area (Å²) in [5.41, 5.74) is 0.405. The average Bonchev–Trinajstić information content (AvgIpc) is 3.01. The van der Waals surface area contributed by atoms with E-state index in [0.717, 1.165) is 45.0 Å². The van der Waals surface area contributed by atoms with Gasteiger partial charge in [-0.2, -0.15) is 5.10 Å². The second kappa shape index (κ2) is 8.78. The molecule has 1 aromatic rings. The monoisotopic (exact) mass is 307 g/mol. The molecule has 1 aliphatic rings. The highest BCUT2D eigenvalue weighted by atomic mass is 16.5. The van der Waals surface area contributed by atoms with Crippen LogP contribution in [-0.4, -0.2) is 49.6 Å². The van der Waals surface area contributed by atoms with E-state index in [2.05, 4.69) is 20.7 Å². The average molecular weight is 307 g/mol. The number of rotatable bonds is 9. The highest BCUT2D eigenvalue weighted by Gasteiger charge is 2.36. The van der Waals surface area contributed by atoms with Crippen molar-refractivity contribution < 1.29 is 4.74 Å². The van der Waals surface area contributed by atoms with Crippen molar-refractivity contribution in [1.29, 1.82) is 0 Å². The molecule has 6 heteroatoms. The lowest BCUT2D eigenvalue weighted by atomic mass is 9.67. The van der Waals surface area contributed by atoms with Crippen molar-refractivity contribution in [3.8, 4) is 0 Å². The van der Waals surface area contributed by atoms with Gasteiger partial charge in [-0.3, -0.25) is 9.67 Å². The van der Waals surface area contributed by atoms with Crippen LogP contribution in [-0.2, 0) is 11.3 Å². The Balaban J connectivity index is 1.64. The van der Waals surface area contributed by atoms with Crippen molar-refractivity contribution in [3.05, 3.63) is 18.5 Å². The minimum atomic E-state index is 0.405. The molecular weight excluding hydrogens is 278 g/mol. The fourth-order valence-electron chi connectivity index (χ4n) is 2.88. The molecule has 0 saturated heterocycles. The van der Waals surface area contributed by atoms with Crippen molar-refractivity contribution in [2.75, 3.05) is 33.9 Å². The molecule has 6 nitrogen and oxygen atoms in total. The number of methoxy groups -OCH3 is 1. The lowest BCUT2D eigenvalue weighted by Crippen LogP contribution is -2.47. The number of guanidine groups is 1. The predicted molar refractivity (Wildman–Crippen MR) is 89.0 cm³/mol. The molecular formula is C16H29N5O. The van der Waals surface area contributed by atoms with Crippen LogP contribution in [0.2, 0.25) is 0 Å². The Morgan fingerprint density at radius 2 is 2.27 bits per heavy atom. The smallest absolute Gasteiger partial charge is 0.190 e. The van der Waals surface area contributed by atoms with Gasteiger partial charge >= 0.3 is 0 Å². The molecule has 0 spiro atoms. The van der Waals surface area contributed by atoms with Crippen molar-refractivity contribution in [1.82, 2.24) is 20.4 Å². The van der Waals surface area contributed by atoms with E-state index in [0.29, 0.717) is 5.41 Å². The predicted octanol–water partition coefficient (Wildman–Crippen LogP) is 1.64. The number of hydrogen-bond acceptors (Lipinski definition) is 3. The quantitative estimate of drug-likeness (QED) is 0.414. The summed E-state index contributed by atoms with van der Waals surface area (Å²) in [5, 5.41) is 11.1. The molecule has 1 aromatic heterocycles. The zero-order chi connectivity index (χ0) is 15.7. The molecule has 0 aliphatic heterocycles. The number of aryl methyl sites for hydroxylation is 1. The zero-order valence-corrected chi connectivity index (χ0v) is 13.8. The third-order valence-electron chi connectivity index (χ3n) is 4.52. The number of ether oxygens (including phenoxy) is 1. The summed E-state index contributed by atoms with van der Waals surface area (Å²) >= 11 is 0. The molecule has 1 heterocycles. The fraction of sp³-hybridized carbons (Fsp3) is 0.750. The van der Waals surface area contributed by atoms with Crippen LogP contribution in [0, 0.1) is 5.41 Å². The maximum atomic E-state index is 5.24. The van der Waals surface area contributed by atoms with Gasteiger partial charge in [-0.1, -0.05) is 6.42 Å². The van der Waals surface area contributed by atoms with Crippen LogP contribution in [0.3, 0.4) is 0 Å². The van der Waals surface area contributed by atoms with Crippen LogP contribution >= 0.6 is 0 Å². The molecule has 124 valence electrons. The Morgan fingerprint density at radius 1 is 1.41 bits per heavy atom. The summed E-state index contributed by atoms with van der Waals surface area (Å²) in [6.45, 7) is 3.64. The van der Waals surface area contributed by atoms with Crippen molar-refractivity contribution >= 4 is 5.96 Å². The summed E-state index contributed by atoms with van der Waals surface area (Å²) in [4.78, 5) is 4.31. The van der Waals surface area contributed by atoms with Gasteiger partial charge in [0, 0.05) is 52.8 Å². The van der Waals surface area contributed by atoms with Crippen LogP contribution in [0.5, 0.6) is 0 Å². The largest absolute Gasteiger partial charge is 0.385 e. The van der Waals surface area contributed by atoms with Crippen LogP contribution in [0.1, 0.15) is 32.1 Å². The maximum absolute atomic E-state index is 5.24. The van der Waals surface area contributed by atoms with Gasteiger partial charge in [0.25, 0.3) is 0 Å². The van der Waals surface area contributed by atoms with E-state index in [1.54, 1.807) is 7.11 Å². The van der Waals surface area contributed by atoms with Crippen molar-refractivity contribution in [2.24, 2.45) is 10.4 Å². The van der Waals surface area contributed by atoms with Gasteiger partial charge in [0.15, 0.2) is 5.96 Å². The van der Waals surface area contributed by atoms with E-state index in [4.69, 9.17) is 4.74 Å². The Hall–Kier alpha value is -1.56. The van der Waals surface area contributed by atoms with E-state index < -0.39 is 0 Å². The van der Waals surface area contributed by atoms with E-state index >= 15 is 0 Å². The molecule has 1 aliphatic carbocycles. The number of nitrogens with one attached hydrogen (secondary N) is 2. The SMILES string of the molecule is CN=C(NCCCn1cccn1)NCC1(CCOC)CCC1. The van der Waals surface area contributed by atoms with Crippen LogP contribution in [0.25, 0.3) is 0 Å². The molecule has 0 amide bonds. The molecule has 2 rings (SSSR count). The number of nitrogens with zero attached hydrogens (tertiary/aromatic N) is 3. The van der Waals surface area contributed by atoms with Gasteiger partial charge in [0.2, 0.25) is 0 Å². The third-order valence-corrected chi connectivity index (χ3v) is 4.52. The Kier molecular flexibility index (Phi) is 6.71. The van der Waals surface area contributed by atoms with E-state index in [1.807, 2.05) is 30.2 Å². The van der Waals surface area contributed by atoms with Gasteiger partial charge in [-0.05, 0) is 37.2 Å². The molecule has 2 N–H and O–H groups in total. The topological polar surface area (TPSA) is 63.5 Å². The van der Waals surface area contributed by atoms with Crippen molar-refractivity contribution in [2.45, 2.75) is 38.6 Å². The third kappa shape index (κ3) is 5.02. The normalized spacial score (nSPS) is 17.1. The highest BCUT2D eigenvalue weighted by molar-refractivity contribution is 5.79. The summed E-state index contributed by atoms with van der Waals surface area (Å²) < 4.78 is 7.19. The highest BCUT2D eigenvalue weighted by Crippen LogP contribution is 2.43. The first-order chi connectivity index (χ1) is 10.8. The van der Waals surface area contributed by atoms with Gasteiger partial charge in [-0.15, -0.1) is 0 Å². The van der Waals surface area contributed by atoms with Crippen LogP contribution in [0.15, 0.2) is 23.5 Å².